The number of anilines is 1. The third-order valence-corrected chi connectivity index (χ3v) is 6.12. The molecule has 0 fully saturated rings. The van der Waals surface area contributed by atoms with Gasteiger partial charge in [0, 0.05) is 16.3 Å². The van der Waals surface area contributed by atoms with Crippen LogP contribution in [-0.4, -0.2) is 22.2 Å². The maximum Gasteiger partial charge on any atom is 0.237 e. The van der Waals surface area contributed by atoms with Crippen LogP contribution in [0.5, 0.6) is 0 Å². The number of fused-ring (bicyclic) bond motifs is 1. The highest BCUT2D eigenvalue weighted by Crippen LogP contribution is 2.32. The van der Waals surface area contributed by atoms with Gasteiger partial charge in [-0.2, -0.15) is 0 Å². The number of amides is 1. The summed E-state index contributed by atoms with van der Waals surface area (Å²) < 4.78 is 0. The van der Waals surface area contributed by atoms with Gasteiger partial charge < -0.3 is 5.32 Å². The van der Waals surface area contributed by atoms with Crippen LogP contribution < -0.4 is 5.32 Å². The Morgan fingerprint density at radius 2 is 1.80 bits per heavy atom. The summed E-state index contributed by atoms with van der Waals surface area (Å²) in [5.41, 5.74) is 4.67. The van der Waals surface area contributed by atoms with Crippen LogP contribution >= 0.6 is 23.4 Å². The molecule has 0 bridgehead atoms. The number of hydrogen-bond acceptors (Lipinski definition) is 3. The van der Waals surface area contributed by atoms with E-state index in [2.05, 4.69) is 5.32 Å². The summed E-state index contributed by atoms with van der Waals surface area (Å²) in [4.78, 5) is 25.4. The van der Waals surface area contributed by atoms with Crippen LogP contribution in [0.3, 0.4) is 0 Å². The van der Waals surface area contributed by atoms with Crippen molar-refractivity contribution in [3.05, 3.63) is 63.7 Å². The fourth-order valence-corrected chi connectivity index (χ4v) is 4.29. The smallest absolute Gasteiger partial charge is 0.237 e. The lowest BCUT2D eigenvalue weighted by Crippen LogP contribution is -2.28. The number of ketones is 1. The van der Waals surface area contributed by atoms with Crippen molar-refractivity contribution in [2.45, 2.75) is 37.7 Å². The number of carbonyl (C=O) groups excluding carboxylic acids is 2. The molecule has 1 aliphatic heterocycles. The highest BCUT2D eigenvalue weighted by Gasteiger charge is 2.32. The first-order chi connectivity index (χ1) is 11.8. The Morgan fingerprint density at radius 1 is 1.16 bits per heavy atom. The number of thioether (sulfide) groups is 1. The molecule has 0 spiro atoms. The van der Waals surface area contributed by atoms with E-state index in [0.717, 1.165) is 22.3 Å². The average molecular weight is 374 g/mol. The van der Waals surface area contributed by atoms with Gasteiger partial charge in [-0.15, -0.1) is 11.8 Å². The van der Waals surface area contributed by atoms with Gasteiger partial charge in [-0.25, -0.2) is 0 Å². The van der Waals surface area contributed by atoms with Gasteiger partial charge in [0.25, 0.3) is 0 Å². The van der Waals surface area contributed by atoms with Crippen LogP contribution in [0, 0.1) is 13.8 Å². The van der Waals surface area contributed by atoms with Crippen molar-refractivity contribution in [1.82, 2.24) is 0 Å². The Kier molecular flexibility index (Phi) is 5.21. The summed E-state index contributed by atoms with van der Waals surface area (Å²) in [5.74, 6) is 0.0166. The lowest BCUT2D eigenvalue weighted by atomic mass is 9.93. The van der Waals surface area contributed by atoms with E-state index in [9.17, 15) is 9.59 Å². The molecule has 5 heteroatoms. The van der Waals surface area contributed by atoms with Gasteiger partial charge in [-0.05, 0) is 74.2 Å². The average Bonchev–Trinajstić information content (AvgIpc) is 2.69. The minimum atomic E-state index is -0.307. The quantitative estimate of drug-likeness (QED) is 0.820. The monoisotopic (exact) mass is 373 g/mol. The van der Waals surface area contributed by atoms with Crippen LogP contribution in [0.4, 0.5) is 5.69 Å². The normalized spacial score (nSPS) is 19.9. The zero-order chi connectivity index (χ0) is 18.1. The molecule has 3 nitrogen and oxygen atoms in total. The molecule has 3 rings (SSSR count). The number of nitrogens with one attached hydrogen (secondary N) is 1. The topological polar surface area (TPSA) is 46.2 Å². The van der Waals surface area contributed by atoms with E-state index >= 15 is 0 Å². The second-order valence-corrected chi connectivity index (χ2v) is 8.41. The molecule has 0 aliphatic carbocycles. The molecule has 1 heterocycles. The summed E-state index contributed by atoms with van der Waals surface area (Å²) in [6.07, 6.45) is 0.552. The van der Waals surface area contributed by atoms with E-state index in [0.29, 0.717) is 17.1 Å². The van der Waals surface area contributed by atoms with E-state index in [1.54, 1.807) is 24.3 Å². The van der Waals surface area contributed by atoms with Gasteiger partial charge >= 0.3 is 0 Å². The molecule has 0 saturated carbocycles. The maximum absolute atomic E-state index is 12.7. The fraction of sp³-hybridized carbons (Fsp3) is 0.300. The van der Waals surface area contributed by atoms with Gasteiger partial charge in [-0.1, -0.05) is 17.7 Å². The fourth-order valence-electron chi connectivity index (χ4n) is 2.96. The molecule has 0 unspecified atom stereocenters. The third kappa shape index (κ3) is 3.91. The van der Waals surface area contributed by atoms with E-state index in [1.165, 1.54) is 11.8 Å². The first kappa shape index (κ1) is 18.0. The molecule has 2 aromatic carbocycles. The van der Waals surface area contributed by atoms with Crippen molar-refractivity contribution in [3.8, 4) is 0 Å². The standard InChI is InChI=1S/C20H20ClNO2S/c1-11-8-14-10-18(20(24)22-16-6-4-15(21)5-7-16)25-13(3)19(23)17(14)9-12(11)2/h4-9,13,18H,10H2,1-3H3,(H,22,24)/t13-,18+/m0/s1. The van der Waals surface area contributed by atoms with Crippen molar-refractivity contribution in [3.63, 3.8) is 0 Å². The van der Waals surface area contributed by atoms with Crippen molar-refractivity contribution < 1.29 is 9.59 Å². The summed E-state index contributed by atoms with van der Waals surface area (Å²) in [5, 5.41) is 3.00. The lowest BCUT2D eigenvalue weighted by Gasteiger charge is -2.16. The highest BCUT2D eigenvalue weighted by atomic mass is 35.5. The van der Waals surface area contributed by atoms with Crippen LogP contribution in [0.25, 0.3) is 0 Å². The molecule has 1 aliphatic rings. The number of aryl methyl sites for hydroxylation is 2. The zero-order valence-electron chi connectivity index (χ0n) is 14.4. The minimum absolute atomic E-state index is 0.0851. The molecular formula is C20H20ClNO2S. The first-order valence-electron chi connectivity index (χ1n) is 8.21. The molecule has 1 amide bonds. The molecule has 130 valence electrons. The summed E-state index contributed by atoms with van der Waals surface area (Å²) in [6.45, 7) is 5.92. The molecule has 0 saturated heterocycles. The largest absolute Gasteiger partial charge is 0.325 e. The predicted molar refractivity (Wildman–Crippen MR) is 105 cm³/mol. The zero-order valence-corrected chi connectivity index (χ0v) is 16.0. The van der Waals surface area contributed by atoms with E-state index in [1.807, 2.05) is 32.9 Å². The Hall–Kier alpha value is -1.78. The Balaban J connectivity index is 1.87. The Morgan fingerprint density at radius 3 is 2.48 bits per heavy atom. The van der Waals surface area contributed by atoms with Gasteiger partial charge in [0.15, 0.2) is 5.78 Å². The lowest BCUT2D eigenvalue weighted by molar-refractivity contribution is -0.115. The van der Waals surface area contributed by atoms with Gasteiger partial charge in [0.2, 0.25) is 5.91 Å². The minimum Gasteiger partial charge on any atom is -0.325 e. The van der Waals surface area contributed by atoms with Crippen LogP contribution in [0.1, 0.15) is 34.0 Å². The van der Waals surface area contributed by atoms with Crippen LogP contribution in [0.2, 0.25) is 5.02 Å². The van der Waals surface area contributed by atoms with Crippen molar-refractivity contribution in [2.75, 3.05) is 5.32 Å². The number of halogens is 1. The molecular weight excluding hydrogens is 354 g/mol. The van der Waals surface area contributed by atoms with Gasteiger partial charge in [0.1, 0.15) is 0 Å². The second kappa shape index (κ2) is 7.22. The molecule has 0 radical (unpaired) electrons. The second-order valence-electron chi connectivity index (χ2n) is 6.43. The van der Waals surface area contributed by atoms with E-state index in [4.69, 9.17) is 11.6 Å². The van der Waals surface area contributed by atoms with Gasteiger partial charge in [0.05, 0.1) is 10.5 Å². The Bertz CT molecular complexity index is 832. The predicted octanol–water partition coefficient (Wildman–Crippen LogP) is 4.82. The maximum atomic E-state index is 12.7. The number of Topliss-reactive ketones (excluding diaryl/α,β-unsaturated/α-hetero) is 1. The number of hydrogen-bond donors (Lipinski definition) is 1. The van der Waals surface area contributed by atoms with E-state index < -0.39 is 0 Å². The van der Waals surface area contributed by atoms with Crippen molar-refractivity contribution >= 4 is 40.7 Å². The SMILES string of the molecule is Cc1cc2c(cc1C)C(=O)[C@H](C)S[C@@H](C(=O)Nc1ccc(Cl)cc1)C2. The molecule has 0 aromatic heterocycles. The molecule has 2 atom stereocenters. The van der Waals surface area contributed by atoms with E-state index in [-0.39, 0.29) is 22.2 Å². The van der Waals surface area contributed by atoms with Crippen molar-refractivity contribution in [1.29, 1.82) is 0 Å². The molecule has 1 N–H and O–H groups in total. The number of rotatable bonds is 2. The van der Waals surface area contributed by atoms with Crippen LogP contribution in [-0.2, 0) is 11.2 Å². The summed E-state index contributed by atoms with van der Waals surface area (Å²) in [7, 11) is 0. The third-order valence-electron chi connectivity index (χ3n) is 4.53. The van der Waals surface area contributed by atoms with Gasteiger partial charge in [-0.3, -0.25) is 9.59 Å². The molecule has 25 heavy (non-hydrogen) atoms. The summed E-state index contributed by atoms with van der Waals surface area (Å²) >= 11 is 7.31. The number of benzene rings is 2. The van der Waals surface area contributed by atoms with Crippen LogP contribution in [0.15, 0.2) is 36.4 Å². The molecule has 2 aromatic rings. The van der Waals surface area contributed by atoms with Crippen molar-refractivity contribution in [2.24, 2.45) is 0 Å². The Labute approximate surface area is 157 Å². The highest BCUT2D eigenvalue weighted by molar-refractivity contribution is 8.01. The first-order valence-corrected chi connectivity index (χ1v) is 9.53. The summed E-state index contributed by atoms with van der Waals surface area (Å²) in [6, 6.07) is 11.0. The number of carbonyl (C=O) groups is 2.